The van der Waals surface area contributed by atoms with Crippen molar-refractivity contribution in [3.63, 3.8) is 0 Å². The number of benzene rings is 1. The number of hydrogen-bond acceptors (Lipinski definition) is 6. The third-order valence-corrected chi connectivity index (χ3v) is 6.30. The molecular weight excluding hydrogens is 410 g/mol. The Bertz CT molecular complexity index is 1130. The molecule has 8 heteroatoms. The molecule has 3 aromatic rings. The van der Waals surface area contributed by atoms with Gasteiger partial charge in [0.1, 0.15) is 24.0 Å². The van der Waals surface area contributed by atoms with Gasteiger partial charge in [-0.1, -0.05) is 24.3 Å². The maximum atomic E-state index is 12.5. The van der Waals surface area contributed by atoms with E-state index >= 15 is 0 Å². The summed E-state index contributed by atoms with van der Waals surface area (Å²) >= 11 is 1.65. The average molecular weight is 434 g/mol. The van der Waals surface area contributed by atoms with E-state index in [1.54, 1.807) is 17.7 Å². The third kappa shape index (κ3) is 4.54. The van der Waals surface area contributed by atoms with Gasteiger partial charge in [-0.15, -0.1) is 11.3 Å². The molecule has 1 fully saturated rings. The molecule has 2 N–H and O–H groups in total. The van der Waals surface area contributed by atoms with Crippen molar-refractivity contribution < 1.29 is 9.53 Å². The number of hydrogen-bond donors (Lipinski definition) is 2. The number of rotatable bonds is 5. The van der Waals surface area contributed by atoms with Crippen molar-refractivity contribution in [2.75, 3.05) is 18.0 Å². The number of urea groups is 1. The second kappa shape index (κ2) is 8.77. The second-order valence-electron chi connectivity index (χ2n) is 7.59. The number of para-hydroxylation sites is 1. The topological polar surface area (TPSA) is 79.4 Å². The van der Waals surface area contributed by atoms with Crippen LogP contribution < -0.4 is 20.3 Å². The van der Waals surface area contributed by atoms with E-state index in [1.807, 2.05) is 60.0 Å². The summed E-state index contributed by atoms with van der Waals surface area (Å²) < 4.78 is 7.01. The molecule has 1 aliphatic carbocycles. The van der Waals surface area contributed by atoms with Gasteiger partial charge in [-0.05, 0) is 42.2 Å². The first-order valence-electron chi connectivity index (χ1n) is 10.4. The lowest BCUT2D eigenvalue weighted by Gasteiger charge is -2.20. The number of anilines is 1. The molecule has 0 saturated carbocycles. The summed E-state index contributed by atoms with van der Waals surface area (Å²) in [6.07, 6.45) is 9.03. The van der Waals surface area contributed by atoms with Crippen LogP contribution in [-0.4, -0.2) is 41.2 Å². The van der Waals surface area contributed by atoms with Gasteiger partial charge in [-0.25, -0.2) is 14.8 Å². The zero-order chi connectivity index (χ0) is 21.0. The summed E-state index contributed by atoms with van der Waals surface area (Å²) in [5, 5.41) is 8.05. The number of nitrogens with zero attached hydrogens (tertiary/aromatic N) is 3. The van der Waals surface area contributed by atoms with E-state index in [-0.39, 0.29) is 18.2 Å². The number of carbonyl (C=O) groups is 1. The van der Waals surface area contributed by atoms with Crippen LogP contribution in [-0.2, 0) is 0 Å². The molecule has 7 nitrogen and oxygen atoms in total. The molecular formula is C23H23N5O2S. The highest BCUT2D eigenvalue weighted by Crippen LogP contribution is 2.30. The number of ether oxygens (including phenoxy) is 1. The molecule has 0 bridgehead atoms. The standard InChI is InChI=1S/C23H23N5O2S/c29-23(26-16-6-8-19(9-7-16)30-18-4-2-1-3-5-18)27-17-10-12-28(14-17)22-21-20(11-13-31-21)24-15-25-22/h1-8,11,13,15,17,19H,9-10,12,14H2,(H2,26,27,29). The fraction of sp³-hybridized carbons (Fsp3) is 0.261. The Hall–Kier alpha value is -3.39. The molecule has 0 radical (unpaired) electrons. The quantitative estimate of drug-likeness (QED) is 0.639. The molecule has 2 unspecified atom stereocenters. The Kier molecular flexibility index (Phi) is 5.54. The summed E-state index contributed by atoms with van der Waals surface area (Å²) in [4.78, 5) is 23.5. The van der Waals surface area contributed by atoms with Crippen LogP contribution in [0, 0.1) is 0 Å². The number of fused-ring (bicyclic) bond motifs is 1. The highest BCUT2D eigenvalue weighted by Gasteiger charge is 2.26. The van der Waals surface area contributed by atoms with Gasteiger partial charge in [0.2, 0.25) is 0 Å². The molecule has 31 heavy (non-hydrogen) atoms. The van der Waals surface area contributed by atoms with E-state index in [9.17, 15) is 4.79 Å². The van der Waals surface area contributed by atoms with Gasteiger partial charge in [-0.2, -0.15) is 0 Å². The molecule has 1 aliphatic heterocycles. The Morgan fingerprint density at radius 2 is 2.10 bits per heavy atom. The summed E-state index contributed by atoms with van der Waals surface area (Å²) in [6, 6.07) is 11.6. The van der Waals surface area contributed by atoms with Gasteiger partial charge < -0.3 is 20.3 Å². The molecule has 5 rings (SSSR count). The smallest absolute Gasteiger partial charge is 0.319 e. The molecule has 2 amide bonds. The lowest BCUT2D eigenvalue weighted by molar-refractivity contribution is 0.239. The fourth-order valence-electron chi connectivity index (χ4n) is 3.88. The van der Waals surface area contributed by atoms with Gasteiger partial charge >= 0.3 is 6.03 Å². The summed E-state index contributed by atoms with van der Waals surface area (Å²) in [5.41, 5.74) is 1.76. The SMILES string of the molecule is O=C(NC1=CCC(Oc2ccccc2)C=C1)NC1CCN(c2ncnc3ccsc23)C1. The van der Waals surface area contributed by atoms with Crippen molar-refractivity contribution in [2.24, 2.45) is 0 Å². The van der Waals surface area contributed by atoms with Gasteiger partial charge in [0, 0.05) is 31.2 Å². The van der Waals surface area contributed by atoms with Crippen LogP contribution in [0.2, 0.25) is 0 Å². The normalized spacial score (nSPS) is 20.5. The van der Waals surface area contributed by atoms with Gasteiger partial charge in [0.05, 0.1) is 10.2 Å². The van der Waals surface area contributed by atoms with Crippen LogP contribution in [0.1, 0.15) is 12.8 Å². The minimum atomic E-state index is -0.186. The van der Waals surface area contributed by atoms with Crippen LogP contribution in [0.3, 0.4) is 0 Å². The highest BCUT2D eigenvalue weighted by atomic mass is 32.1. The van der Waals surface area contributed by atoms with Crippen LogP contribution >= 0.6 is 11.3 Å². The Balaban J connectivity index is 1.12. The zero-order valence-electron chi connectivity index (χ0n) is 16.9. The van der Waals surface area contributed by atoms with Crippen molar-refractivity contribution >= 4 is 33.4 Å². The van der Waals surface area contributed by atoms with Crippen molar-refractivity contribution in [1.29, 1.82) is 0 Å². The number of amides is 2. The largest absolute Gasteiger partial charge is 0.486 e. The van der Waals surface area contributed by atoms with Crippen LogP contribution in [0.5, 0.6) is 5.75 Å². The highest BCUT2D eigenvalue weighted by molar-refractivity contribution is 7.17. The van der Waals surface area contributed by atoms with Gasteiger partial charge in [0.25, 0.3) is 0 Å². The molecule has 0 spiro atoms. The average Bonchev–Trinajstić information content (AvgIpc) is 3.45. The lowest BCUT2D eigenvalue weighted by atomic mass is 10.1. The van der Waals surface area contributed by atoms with E-state index in [2.05, 4.69) is 25.5 Å². The van der Waals surface area contributed by atoms with Gasteiger partial charge in [-0.3, -0.25) is 0 Å². The zero-order valence-corrected chi connectivity index (χ0v) is 17.7. The van der Waals surface area contributed by atoms with Crippen LogP contribution in [0.25, 0.3) is 10.2 Å². The minimum absolute atomic E-state index is 0.0265. The molecule has 158 valence electrons. The maximum Gasteiger partial charge on any atom is 0.319 e. The van der Waals surface area contributed by atoms with E-state index in [0.717, 1.165) is 47.0 Å². The number of nitrogens with one attached hydrogen (secondary N) is 2. The molecule has 3 heterocycles. The molecule has 2 aliphatic rings. The Morgan fingerprint density at radius 3 is 2.94 bits per heavy atom. The monoisotopic (exact) mass is 433 g/mol. The van der Waals surface area contributed by atoms with E-state index in [4.69, 9.17) is 4.74 Å². The second-order valence-corrected chi connectivity index (χ2v) is 8.50. The minimum Gasteiger partial charge on any atom is -0.486 e. The predicted molar refractivity (Wildman–Crippen MR) is 122 cm³/mol. The first-order chi connectivity index (χ1) is 15.2. The van der Waals surface area contributed by atoms with Crippen LogP contribution in [0.15, 0.2) is 72.0 Å². The molecule has 2 atom stereocenters. The van der Waals surface area contributed by atoms with Crippen molar-refractivity contribution in [2.45, 2.75) is 25.0 Å². The van der Waals surface area contributed by atoms with Gasteiger partial charge in [0.15, 0.2) is 0 Å². The van der Waals surface area contributed by atoms with E-state index in [1.165, 1.54) is 0 Å². The summed E-state index contributed by atoms with van der Waals surface area (Å²) in [5.74, 6) is 1.79. The summed E-state index contributed by atoms with van der Waals surface area (Å²) in [7, 11) is 0. The van der Waals surface area contributed by atoms with Crippen molar-refractivity contribution in [1.82, 2.24) is 20.6 Å². The molecule has 1 saturated heterocycles. The lowest BCUT2D eigenvalue weighted by Crippen LogP contribution is -2.43. The molecule has 1 aromatic carbocycles. The Morgan fingerprint density at radius 1 is 1.19 bits per heavy atom. The van der Waals surface area contributed by atoms with Crippen molar-refractivity contribution in [3.05, 3.63) is 72.0 Å². The number of carbonyl (C=O) groups excluding carboxylic acids is 1. The fourth-order valence-corrected chi connectivity index (χ4v) is 4.74. The first kappa shape index (κ1) is 19.6. The number of thiophene rings is 1. The Labute approximate surface area is 184 Å². The number of allylic oxidation sites excluding steroid dienone is 1. The summed E-state index contributed by atoms with van der Waals surface area (Å²) in [6.45, 7) is 1.59. The first-order valence-corrected chi connectivity index (χ1v) is 11.2. The number of aromatic nitrogens is 2. The third-order valence-electron chi connectivity index (χ3n) is 5.40. The van der Waals surface area contributed by atoms with E-state index in [0.29, 0.717) is 6.42 Å². The maximum absolute atomic E-state index is 12.5. The van der Waals surface area contributed by atoms with Crippen molar-refractivity contribution in [3.8, 4) is 5.75 Å². The predicted octanol–water partition coefficient (Wildman–Crippen LogP) is 3.86. The molecule has 2 aromatic heterocycles. The van der Waals surface area contributed by atoms with Crippen LogP contribution in [0.4, 0.5) is 10.6 Å². The van der Waals surface area contributed by atoms with E-state index < -0.39 is 0 Å².